The first-order valence-corrected chi connectivity index (χ1v) is 7.13. The summed E-state index contributed by atoms with van der Waals surface area (Å²) in [5, 5.41) is 2.77. The zero-order valence-electron chi connectivity index (χ0n) is 9.70. The molecule has 1 aliphatic heterocycles. The first-order chi connectivity index (χ1) is 8.54. The van der Waals surface area contributed by atoms with Crippen LogP contribution in [0.2, 0.25) is 0 Å². The molecule has 0 saturated carbocycles. The van der Waals surface area contributed by atoms with E-state index < -0.39 is 0 Å². The van der Waals surface area contributed by atoms with Gasteiger partial charge in [-0.3, -0.25) is 9.59 Å². The number of ether oxygens (including phenoxy) is 1. The first-order valence-electron chi connectivity index (χ1n) is 5.54. The minimum Gasteiger partial charge on any atom is -0.466 e. The van der Waals surface area contributed by atoms with Gasteiger partial charge in [0.25, 0.3) is 5.91 Å². The molecule has 98 valence electrons. The Morgan fingerprint density at radius 1 is 1.61 bits per heavy atom. The molecule has 0 spiro atoms. The molecule has 0 bridgehead atoms. The van der Waals surface area contributed by atoms with Gasteiger partial charge >= 0.3 is 5.97 Å². The molecule has 0 aliphatic carbocycles. The van der Waals surface area contributed by atoms with Gasteiger partial charge in [0.15, 0.2) is 0 Å². The van der Waals surface area contributed by atoms with Crippen LogP contribution in [0.25, 0.3) is 0 Å². The SMILES string of the molecule is CCOC(=O)C[C@H]1CNC(=O)c2cc(Br)c(Br)n21. The van der Waals surface area contributed by atoms with Crippen molar-refractivity contribution in [3.63, 3.8) is 0 Å². The summed E-state index contributed by atoms with van der Waals surface area (Å²) in [5.74, 6) is -0.400. The minimum absolute atomic E-state index is 0.127. The Morgan fingerprint density at radius 3 is 3.00 bits per heavy atom. The monoisotopic (exact) mass is 378 g/mol. The third-order valence-electron chi connectivity index (χ3n) is 2.74. The second-order valence-electron chi connectivity index (χ2n) is 3.91. The van der Waals surface area contributed by atoms with E-state index in [1.165, 1.54) is 0 Å². The zero-order chi connectivity index (χ0) is 13.3. The molecule has 5 nitrogen and oxygen atoms in total. The van der Waals surface area contributed by atoms with Gasteiger partial charge < -0.3 is 14.6 Å². The van der Waals surface area contributed by atoms with Crippen molar-refractivity contribution in [2.24, 2.45) is 0 Å². The molecule has 1 atom stereocenters. The Morgan fingerprint density at radius 2 is 2.33 bits per heavy atom. The van der Waals surface area contributed by atoms with Crippen LogP contribution in [0, 0.1) is 0 Å². The number of amides is 1. The Labute approximate surface area is 121 Å². The highest BCUT2D eigenvalue weighted by Crippen LogP contribution is 2.33. The van der Waals surface area contributed by atoms with E-state index in [9.17, 15) is 9.59 Å². The fourth-order valence-electron chi connectivity index (χ4n) is 1.97. The smallest absolute Gasteiger partial charge is 0.307 e. The fraction of sp³-hybridized carbons (Fsp3) is 0.455. The van der Waals surface area contributed by atoms with E-state index in [1.54, 1.807) is 13.0 Å². The second kappa shape index (κ2) is 5.44. The number of rotatable bonds is 3. The van der Waals surface area contributed by atoms with Gasteiger partial charge in [0.1, 0.15) is 5.69 Å². The lowest BCUT2D eigenvalue weighted by atomic mass is 10.1. The van der Waals surface area contributed by atoms with E-state index in [0.29, 0.717) is 18.8 Å². The number of fused-ring (bicyclic) bond motifs is 1. The number of hydrogen-bond acceptors (Lipinski definition) is 3. The summed E-state index contributed by atoms with van der Waals surface area (Å²) in [6.45, 7) is 2.56. The van der Waals surface area contributed by atoms with Gasteiger partial charge in [0.2, 0.25) is 0 Å². The zero-order valence-corrected chi connectivity index (χ0v) is 12.9. The van der Waals surface area contributed by atoms with E-state index in [4.69, 9.17) is 4.74 Å². The molecule has 7 heteroatoms. The highest BCUT2D eigenvalue weighted by atomic mass is 79.9. The van der Waals surface area contributed by atoms with Gasteiger partial charge in [-0.1, -0.05) is 0 Å². The fourth-order valence-corrected chi connectivity index (χ4v) is 2.97. The van der Waals surface area contributed by atoms with Gasteiger partial charge in [-0.25, -0.2) is 0 Å². The number of aromatic nitrogens is 1. The van der Waals surface area contributed by atoms with Crippen LogP contribution in [0.1, 0.15) is 29.9 Å². The second-order valence-corrected chi connectivity index (χ2v) is 5.52. The van der Waals surface area contributed by atoms with E-state index in [2.05, 4.69) is 37.2 Å². The van der Waals surface area contributed by atoms with Crippen LogP contribution in [0.3, 0.4) is 0 Å². The molecule has 0 saturated heterocycles. The summed E-state index contributed by atoms with van der Waals surface area (Å²) in [7, 11) is 0. The van der Waals surface area contributed by atoms with E-state index in [1.807, 2.05) is 4.57 Å². The lowest BCUT2D eigenvalue weighted by Gasteiger charge is -2.26. The number of carbonyl (C=O) groups is 2. The average Bonchev–Trinajstić information content (AvgIpc) is 2.61. The van der Waals surface area contributed by atoms with Crippen molar-refractivity contribution in [1.82, 2.24) is 9.88 Å². The molecule has 18 heavy (non-hydrogen) atoms. The van der Waals surface area contributed by atoms with Crippen LogP contribution in [-0.2, 0) is 9.53 Å². The summed E-state index contributed by atoms with van der Waals surface area (Å²) < 4.78 is 8.32. The predicted molar refractivity (Wildman–Crippen MR) is 72.5 cm³/mol. The normalized spacial score (nSPS) is 18.2. The van der Waals surface area contributed by atoms with E-state index in [0.717, 1.165) is 9.08 Å². The molecule has 1 aromatic heterocycles. The molecular weight excluding hydrogens is 368 g/mol. The quantitative estimate of drug-likeness (QED) is 0.819. The van der Waals surface area contributed by atoms with Gasteiger partial charge in [0.05, 0.1) is 28.1 Å². The topological polar surface area (TPSA) is 60.3 Å². The number of esters is 1. The van der Waals surface area contributed by atoms with E-state index >= 15 is 0 Å². The average molecular weight is 380 g/mol. The molecule has 0 unspecified atom stereocenters. The van der Waals surface area contributed by atoms with Crippen LogP contribution in [-0.4, -0.2) is 29.6 Å². The van der Waals surface area contributed by atoms with Gasteiger partial charge in [-0.05, 0) is 44.8 Å². The van der Waals surface area contributed by atoms with Crippen molar-refractivity contribution in [3.8, 4) is 0 Å². The number of halogens is 2. The number of nitrogens with zero attached hydrogens (tertiary/aromatic N) is 1. The van der Waals surface area contributed by atoms with Crippen molar-refractivity contribution in [2.45, 2.75) is 19.4 Å². The molecule has 0 aromatic carbocycles. The largest absolute Gasteiger partial charge is 0.466 e. The summed E-state index contributed by atoms with van der Waals surface area (Å²) in [6, 6.07) is 1.61. The lowest BCUT2D eigenvalue weighted by molar-refractivity contribution is -0.144. The van der Waals surface area contributed by atoms with Crippen molar-refractivity contribution in [2.75, 3.05) is 13.2 Å². The molecular formula is C11H12Br2N2O3. The van der Waals surface area contributed by atoms with Crippen molar-refractivity contribution in [3.05, 3.63) is 20.8 Å². The summed E-state index contributed by atoms with van der Waals surface area (Å²) in [4.78, 5) is 23.3. The van der Waals surface area contributed by atoms with Crippen molar-refractivity contribution in [1.29, 1.82) is 0 Å². The molecule has 0 radical (unpaired) electrons. The number of carbonyl (C=O) groups excluding carboxylic acids is 2. The maximum atomic E-state index is 11.7. The van der Waals surface area contributed by atoms with Crippen LogP contribution in [0.15, 0.2) is 15.1 Å². The first kappa shape index (κ1) is 13.6. The van der Waals surface area contributed by atoms with Crippen molar-refractivity contribution < 1.29 is 14.3 Å². The number of hydrogen-bond donors (Lipinski definition) is 1. The Balaban J connectivity index is 2.28. The predicted octanol–water partition coefficient (Wildman–Crippen LogP) is 2.25. The molecule has 2 rings (SSSR count). The molecule has 0 fully saturated rings. The maximum absolute atomic E-state index is 11.7. The highest BCUT2D eigenvalue weighted by Gasteiger charge is 2.30. The van der Waals surface area contributed by atoms with Crippen LogP contribution in [0.5, 0.6) is 0 Å². The Hall–Kier alpha value is -0.820. The van der Waals surface area contributed by atoms with Crippen LogP contribution >= 0.6 is 31.9 Å². The van der Waals surface area contributed by atoms with Gasteiger partial charge in [0, 0.05) is 6.54 Å². The van der Waals surface area contributed by atoms with Crippen LogP contribution < -0.4 is 5.32 Å². The summed E-state index contributed by atoms with van der Waals surface area (Å²) in [6.07, 6.45) is 0.237. The lowest BCUT2D eigenvalue weighted by Crippen LogP contribution is -2.39. The van der Waals surface area contributed by atoms with Gasteiger partial charge in [-0.2, -0.15) is 0 Å². The standard InChI is InChI=1S/C11H12Br2N2O3/c1-2-18-9(16)3-6-5-14-11(17)8-4-7(12)10(13)15(6)8/h4,6H,2-3,5H2,1H3,(H,14,17)/t6-/m0/s1. The van der Waals surface area contributed by atoms with Crippen LogP contribution in [0.4, 0.5) is 0 Å². The summed E-state index contributed by atoms with van der Waals surface area (Å²) in [5.41, 5.74) is 0.536. The maximum Gasteiger partial charge on any atom is 0.307 e. The summed E-state index contributed by atoms with van der Waals surface area (Å²) >= 11 is 6.78. The number of nitrogens with one attached hydrogen (secondary N) is 1. The van der Waals surface area contributed by atoms with Crippen molar-refractivity contribution >= 4 is 43.7 Å². The molecule has 1 aromatic rings. The minimum atomic E-state index is -0.263. The third-order valence-corrected chi connectivity index (χ3v) is 4.68. The molecule has 1 N–H and O–H groups in total. The molecule has 2 heterocycles. The molecule has 1 amide bonds. The molecule has 1 aliphatic rings. The van der Waals surface area contributed by atoms with Gasteiger partial charge in [-0.15, -0.1) is 0 Å². The Bertz CT molecular complexity index is 499. The van der Waals surface area contributed by atoms with E-state index in [-0.39, 0.29) is 24.3 Å². The Kier molecular flexibility index (Phi) is 4.11. The highest BCUT2D eigenvalue weighted by molar-refractivity contribution is 9.13. The third kappa shape index (κ3) is 2.47.